The van der Waals surface area contributed by atoms with Crippen molar-refractivity contribution in [1.82, 2.24) is 10.2 Å². The SMILES string of the molecule is COc1ccc(Br)c(CNCC2(N(C)C)CCCCC2)c1. The van der Waals surface area contributed by atoms with E-state index in [-0.39, 0.29) is 0 Å². The fourth-order valence-corrected chi connectivity index (χ4v) is 3.62. The second-order valence-electron chi connectivity index (χ2n) is 6.24. The molecule has 0 spiro atoms. The van der Waals surface area contributed by atoms with Crippen LogP contribution in [0.4, 0.5) is 0 Å². The Labute approximate surface area is 137 Å². The summed E-state index contributed by atoms with van der Waals surface area (Å²) in [6.45, 7) is 1.91. The molecule has 1 aromatic carbocycles. The average molecular weight is 355 g/mol. The van der Waals surface area contributed by atoms with E-state index in [1.807, 2.05) is 6.07 Å². The van der Waals surface area contributed by atoms with Crippen LogP contribution < -0.4 is 10.1 Å². The molecule has 1 saturated carbocycles. The van der Waals surface area contributed by atoms with Crippen molar-refractivity contribution in [3.05, 3.63) is 28.2 Å². The Balaban J connectivity index is 1.96. The molecule has 21 heavy (non-hydrogen) atoms. The van der Waals surface area contributed by atoms with E-state index in [0.29, 0.717) is 5.54 Å². The Morgan fingerprint density at radius 3 is 2.57 bits per heavy atom. The molecule has 0 amide bonds. The van der Waals surface area contributed by atoms with E-state index in [0.717, 1.165) is 23.3 Å². The highest BCUT2D eigenvalue weighted by atomic mass is 79.9. The number of likely N-dealkylation sites (N-methyl/N-ethyl adjacent to an activating group) is 1. The van der Waals surface area contributed by atoms with E-state index >= 15 is 0 Å². The van der Waals surface area contributed by atoms with Gasteiger partial charge in [0.2, 0.25) is 0 Å². The van der Waals surface area contributed by atoms with Crippen molar-refractivity contribution in [2.45, 2.75) is 44.2 Å². The lowest BCUT2D eigenvalue weighted by Gasteiger charge is -2.43. The highest BCUT2D eigenvalue weighted by Gasteiger charge is 2.33. The van der Waals surface area contributed by atoms with Crippen LogP contribution in [0.5, 0.6) is 5.75 Å². The molecule has 0 unspecified atom stereocenters. The van der Waals surface area contributed by atoms with Gasteiger partial charge in [-0.3, -0.25) is 0 Å². The first kappa shape index (κ1) is 16.8. The van der Waals surface area contributed by atoms with Crippen LogP contribution in [0, 0.1) is 0 Å². The molecule has 0 atom stereocenters. The second-order valence-corrected chi connectivity index (χ2v) is 7.09. The van der Waals surface area contributed by atoms with Gasteiger partial charge in [-0.15, -0.1) is 0 Å². The van der Waals surface area contributed by atoms with Gasteiger partial charge in [0.1, 0.15) is 5.75 Å². The Hall–Kier alpha value is -0.580. The van der Waals surface area contributed by atoms with Crippen molar-refractivity contribution in [1.29, 1.82) is 0 Å². The fourth-order valence-electron chi connectivity index (χ4n) is 3.24. The van der Waals surface area contributed by atoms with Crippen LogP contribution >= 0.6 is 15.9 Å². The van der Waals surface area contributed by atoms with Gasteiger partial charge in [0.25, 0.3) is 0 Å². The lowest BCUT2D eigenvalue weighted by atomic mass is 9.80. The molecule has 1 aromatic rings. The molecule has 3 nitrogen and oxygen atoms in total. The number of nitrogens with one attached hydrogen (secondary N) is 1. The number of hydrogen-bond donors (Lipinski definition) is 1. The highest BCUT2D eigenvalue weighted by molar-refractivity contribution is 9.10. The molecular weight excluding hydrogens is 328 g/mol. The van der Waals surface area contributed by atoms with E-state index in [1.165, 1.54) is 37.7 Å². The van der Waals surface area contributed by atoms with Crippen molar-refractivity contribution >= 4 is 15.9 Å². The number of hydrogen-bond acceptors (Lipinski definition) is 3. The van der Waals surface area contributed by atoms with Crippen LogP contribution in [0.25, 0.3) is 0 Å². The molecule has 1 N–H and O–H groups in total. The maximum Gasteiger partial charge on any atom is 0.119 e. The summed E-state index contributed by atoms with van der Waals surface area (Å²) >= 11 is 3.62. The van der Waals surface area contributed by atoms with E-state index < -0.39 is 0 Å². The van der Waals surface area contributed by atoms with Gasteiger partial charge in [0.05, 0.1) is 7.11 Å². The van der Waals surface area contributed by atoms with Crippen LogP contribution in [0.1, 0.15) is 37.7 Å². The van der Waals surface area contributed by atoms with Gasteiger partial charge in [-0.05, 0) is 50.7 Å². The molecule has 4 heteroatoms. The largest absolute Gasteiger partial charge is 0.497 e. The maximum absolute atomic E-state index is 5.31. The number of methoxy groups -OCH3 is 1. The third kappa shape index (κ3) is 4.21. The summed E-state index contributed by atoms with van der Waals surface area (Å²) in [5, 5.41) is 3.66. The van der Waals surface area contributed by atoms with Crippen molar-refractivity contribution in [2.24, 2.45) is 0 Å². The first-order valence-electron chi connectivity index (χ1n) is 7.78. The van der Waals surface area contributed by atoms with E-state index in [1.54, 1.807) is 7.11 Å². The van der Waals surface area contributed by atoms with Gasteiger partial charge in [-0.1, -0.05) is 35.2 Å². The molecule has 118 valence electrons. The van der Waals surface area contributed by atoms with Crippen molar-refractivity contribution in [3.63, 3.8) is 0 Å². The number of halogens is 1. The molecular formula is C17H27BrN2O. The molecule has 0 radical (unpaired) electrons. The molecule has 0 heterocycles. The minimum atomic E-state index is 0.323. The fraction of sp³-hybridized carbons (Fsp3) is 0.647. The third-order valence-corrected chi connectivity index (χ3v) is 5.53. The smallest absolute Gasteiger partial charge is 0.119 e. The predicted octanol–water partition coefficient (Wildman–Crippen LogP) is 3.81. The van der Waals surface area contributed by atoms with Gasteiger partial charge in [-0.2, -0.15) is 0 Å². The minimum Gasteiger partial charge on any atom is -0.497 e. The summed E-state index contributed by atoms with van der Waals surface area (Å²) in [5.41, 5.74) is 1.57. The first-order valence-corrected chi connectivity index (χ1v) is 8.57. The lowest BCUT2D eigenvalue weighted by molar-refractivity contribution is 0.0983. The summed E-state index contributed by atoms with van der Waals surface area (Å²) in [6, 6.07) is 6.13. The number of nitrogens with zero attached hydrogens (tertiary/aromatic N) is 1. The monoisotopic (exact) mass is 354 g/mol. The van der Waals surface area contributed by atoms with E-state index in [2.05, 4.69) is 52.4 Å². The number of rotatable bonds is 6. The topological polar surface area (TPSA) is 24.5 Å². The zero-order chi connectivity index (χ0) is 15.3. The third-order valence-electron chi connectivity index (χ3n) is 4.76. The molecule has 0 saturated heterocycles. The van der Waals surface area contributed by atoms with Crippen LogP contribution in [-0.4, -0.2) is 38.2 Å². The Kier molecular flexibility index (Phi) is 6.08. The van der Waals surface area contributed by atoms with E-state index in [4.69, 9.17) is 4.74 Å². The summed E-state index contributed by atoms with van der Waals surface area (Å²) in [7, 11) is 6.15. The summed E-state index contributed by atoms with van der Waals surface area (Å²) in [5.74, 6) is 0.912. The molecule has 0 aromatic heterocycles. The van der Waals surface area contributed by atoms with Crippen molar-refractivity contribution in [2.75, 3.05) is 27.7 Å². The Morgan fingerprint density at radius 2 is 1.95 bits per heavy atom. The maximum atomic E-state index is 5.31. The van der Waals surface area contributed by atoms with Crippen LogP contribution in [0.3, 0.4) is 0 Å². The van der Waals surface area contributed by atoms with Gasteiger partial charge < -0.3 is 15.0 Å². The van der Waals surface area contributed by atoms with E-state index in [9.17, 15) is 0 Å². The normalized spacial score (nSPS) is 18.0. The summed E-state index contributed by atoms with van der Waals surface area (Å²) < 4.78 is 6.44. The molecule has 0 bridgehead atoms. The average Bonchev–Trinajstić information content (AvgIpc) is 2.50. The van der Waals surface area contributed by atoms with Gasteiger partial charge >= 0.3 is 0 Å². The second kappa shape index (κ2) is 7.61. The Bertz CT molecular complexity index is 456. The van der Waals surface area contributed by atoms with Gasteiger partial charge in [-0.25, -0.2) is 0 Å². The number of ether oxygens (including phenoxy) is 1. The zero-order valence-electron chi connectivity index (χ0n) is 13.4. The quantitative estimate of drug-likeness (QED) is 0.840. The molecule has 2 rings (SSSR count). The Morgan fingerprint density at radius 1 is 1.24 bits per heavy atom. The highest BCUT2D eigenvalue weighted by Crippen LogP contribution is 2.32. The molecule has 1 aliphatic rings. The summed E-state index contributed by atoms with van der Waals surface area (Å²) in [4.78, 5) is 2.42. The molecule has 0 aliphatic heterocycles. The molecule has 1 fully saturated rings. The first-order chi connectivity index (χ1) is 10.1. The van der Waals surface area contributed by atoms with Crippen LogP contribution in [-0.2, 0) is 6.54 Å². The lowest BCUT2D eigenvalue weighted by Crippen LogP contribution is -2.52. The summed E-state index contributed by atoms with van der Waals surface area (Å²) in [6.07, 6.45) is 6.68. The zero-order valence-corrected chi connectivity index (χ0v) is 15.0. The van der Waals surface area contributed by atoms with Gasteiger partial charge in [0, 0.05) is 23.1 Å². The van der Waals surface area contributed by atoms with Gasteiger partial charge in [0.15, 0.2) is 0 Å². The molecule has 1 aliphatic carbocycles. The minimum absolute atomic E-state index is 0.323. The number of benzene rings is 1. The standard InChI is InChI=1S/C17H27BrN2O/c1-20(2)17(9-5-4-6-10-17)13-19-12-14-11-15(21-3)7-8-16(14)18/h7-8,11,19H,4-6,9-10,12-13H2,1-3H3. The van der Waals surface area contributed by atoms with Crippen molar-refractivity contribution < 1.29 is 4.74 Å². The predicted molar refractivity (Wildman–Crippen MR) is 91.9 cm³/mol. The van der Waals surface area contributed by atoms with Crippen molar-refractivity contribution in [3.8, 4) is 5.75 Å². The van der Waals surface area contributed by atoms with Crippen LogP contribution in [0.2, 0.25) is 0 Å². The van der Waals surface area contributed by atoms with Crippen LogP contribution in [0.15, 0.2) is 22.7 Å².